The van der Waals surface area contributed by atoms with Crippen LogP contribution in [0.1, 0.15) is 17.4 Å². The number of hydrogen-bond donors (Lipinski definition) is 2. The number of rotatable bonds is 2. The molecule has 5 aromatic rings. The van der Waals surface area contributed by atoms with Crippen LogP contribution in [0.3, 0.4) is 0 Å². The number of oxazole rings is 1. The SMILES string of the molecule is c1cn2c(n1)C(Nc1ccc3ocnc3c1)=NC(c1ccc3cn[nH]c3c1)C2. The van der Waals surface area contributed by atoms with Crippen LogP contribution in [0.5, 0.6) is 0 Å². The van der Waals surface area contributed by atoms with E-state index in [2.05, 4.69) is 48.2 Å². The molecule has 2 aromatic carbocycles. The van der Waals surface area contributed by atoms with Gasteiger partial charge >= 0.3 is 0 Å². The Morgan fingerprint density at radius 2 is 2.14 bits per heavy atom. The van der Waals surface area contributed by atoms with Crippen molar-refractivity contribution in [2.45, 2.75) is 12.6 Å². The van der Waals surface area contributed by atoms with Gasteiger partial charge < -0.3 is 14.3 Å². The maximum atomic E-state index is 5.32. The van der Waals surface area contributed by atoms with Gasteiger partial charge in [0, 0.05) is 23.5 Å². The molecule has 0 bridgehead atoms. The molecule has 2 N–H and O–H groups in total. The van der Waals surface area contributed by atoms with Crippen LogP contribution in [0.4, 0.5) is 5.69 Å². The van der Waals surface area contributed by atoms with Crippen LogP contribution in [-0.4, -0.2) is 30.6 Å². The van der Waals surface area contributed by atoms with Gasteiger partial charge in [0.05, 0.1) is 24.3 Å². The van der Waals surface area contributed by atoms with Gasteiger partial charge in [-0.05, 0) is 29.8 Å². The molecule has 0 aliphatic carbocycles. The minimum absolute atomic E-state index is 0.0207. The van der Waals surface area contributed by atoms with Crippen molar-refractivity contribution in [1.82, 2.24) is 24.7 Å². The highest BCUT2D eigenvalue weighted by Gasteiger charge is 2.23. The largest absolute Gasteiger partial charge is 0.443 e. The van der Waals surface area contributed by atoms with E-state index in [9.17, 15) is 0 Å². The maximum absolute atomic E-state index is 5.32. The van der Waals surface area contributed by atoms with Gasteiger partial charge in [-0.15, -0.1) is 0 Å². The normalized spacial score (nSPS) is 16.3. The summed E-state index contributed by atoms with van der Waals surface area (Å²) in [5.74, 6) is 1.55. The third kappa shape index (κ3) is 2.38. The van der Waals surface area contributed by atoms with Crippen LogP contribution < -0.4 is 5.32 Å². The molecule has 1 atom stereocenters. The second-order valence-electron chi connectivity index (χ2n) is 6.77. The standard InChI is InChI=1S/C20H15N7O/c1-2-13-9-23-26-15(13)7-12(1)17-10-27-6-5-21-20(27)19(25-17)24-14-3-4-18-16(8-14)22-11-28-18/h1-9,11,17H,10H2,(H,23,26)(H,24,25). The molecule has 0 radical (unpaired) electrons. The molecule has 0 saturated heterocycles. The molecule has 1 aliphatic heterocycles. The molecular weight excluding hydrogens is 354 g/mol. The summed E-state index contributed by atoms with van der Waals surface area (Å²) in [4.78, 5) is 13.7. The van der Waals surface area contributed by atoms with E-state index in [1.807, 2.05) is 30.6 Å². The second kappa shape index (κ2) is 5.78. The lowest BCUT2D eigenvalue weighted by Gasteiger charge is -2.23. The van der Waals surface area contributed by atoms with E-state index in [4.69, 9.17) is 9.41 Å². The highest BCUT2D eigenvalue weighted by atomic mass is 16.3. The summed E-state index contributed by atoms with van der Waals surface area (Å²) >= 11 is 0. The third-order valence-electron chi connectivity index (χ3n) is 5.03. The van der Waals surface area contributed by atoms with Crippen LogP contribution in [-0.2, 0) is 6.54 Å². The number of fused-ring (bicyclic) bond motifs is 3. The third-order valence-corrected chi connectivity index (χ3v) is 5.03. The van der Waals surface area contributed by atoms with E-state index in [0.29, 0.717) is 0 Å². The Balaban J connectivity index is 1.40. The summed E-state index contributed by atoms with van der Waals surface area (Å²) in [5.41, 5.74) is 4.58. The Kier molecular flexibility index (Phi) is 3.13. The van der Waals surface area contributed by atoms with E-state index in [1.54, 1.807) is 6.20 Å². The fourth-order valence-corrected chi connectivity index (χ4v) is 3.62. The molecule has 6 rings (SSSR count). The van der Waals surface area contributed by atoms with Crippen LogP contribution >= 0.6 is 0 Å². The molecule has 4 heterocycles. The number of nitrogens with one attached hydrogen (secondary N) is 2. The Labute approximate surface area is 158 Å². The van der Waals surface area contributed by atoms with Crippen molar-refractivity contribution in [2.24, 2.45) is 4.99 Å². The van der Waals surface area contributed by atoms with Gasteiger partial charge in [0.2, 0.25) is 0 Å². The summed E-state index contributed by atoms with van der Waals surface area (Å²) in [6.45, 7) is 0.739. The monoisotopic (exact) mass is 369 g/mol. The molecule has 8 heteroatoms. The van der Waals surface area contributed by atoms with Gasteiger partial charge in [0.15, 0.2) is 23.6 Å². The number of anilines is 1. The first-order valence-corrected chi connectivity index (χ1v) is 8.96. The highest BCUT2D eigenvalue weighted by Crippen LogP contribution is 2.28. The second-order valence-corrected chi connectivity index (χ2v) is 6.77. The van der Waals surface area contributed by atoms with Crippen molar-refractivity contribution in [2.75, 3.05) is 5.32 Å². The lowest BCUT2D eigenvalue weighted by Crippen LogP contribution is -2.27. The number of nitrogens with zero attached hydrogens (tertiary/aromatic N) is 5. The van der Waals surface area contributed by atoms with Gasteiger partial charge in [-0.3, -0.25) is 10.1 Å². The first kappa shape index (κ1) is 15.2. The van der Waals surface area contributed by atoms with E-state index in [0.717, 1.165) is 51.5 Å². The van der Waals surface area contributed by atoms with E-state index in [1.165, 1.54) is 6.39 Å². The summed E-state index contributed by atoms with van der Waals surface area (Å²) < 4.78 is 7.43. The smallest absolute Gasteiger partial charge is 0.181 e. The molecule has 1 aliphatic rings. The minimum atomic E-state index is -0.0207. The van der Waals surface area contributed by atoms with Gasteiger partial charge in [-0.2, -0.15) is 5.10 Å². The average molecular weight is 369 g/mol. The topological polar surface area (TPSA) is 96.9 Å². The van der Waals surface area contributed by atoms with Crippen molar-refractivity contribution in [3.63, 3.8) is 0 Å². The molecule has 0 spiro atoms. The number of H-pyrrole nitrogens is 1. The zero-order valence-electron chi connectivity index (χ0n) is 14.7. The van der Waals surface area contributed by atoms with Crippen LogP contribution in [0.25, 0.3) is 22.0 Å². The Morgan fingerprint density at radius 1 is 1.14 bits per heavy atom. The van der Waals surface area contributed by atoms with Crippen molar-refractivity contribution in [3.8, 4) is 0 Å². The summed E-state index contributed by atoms with van der Waals surface area (Å²) in [5, 5.41) is 11.6. The number of aromatic nitrogens is 5. The predicted octanol–water partition coefficient (Wildman–Crippen LogP) is 3.51. The fraction of sp³-hybridized carbons (Fsp3) is 0.100. The van der Waals surface area contributed by atoms with Crippen molar-refractivity contribution >= 4 is 33.5 Å². The molecule has 1 unspecified atom stereocenters. The van der Waals surface area contributed by atoms with Gasteiger partial charge in [-0.25, -0.2) is 9.97 Å². The van der Waals surface area contributed by atoms with Crippen LogP contribution in [0, 0.1) is 0 Å². The maximum Gasteiger partial charge on any atom is 0.181 e. The van der Waals surface area contributed by atoms with Gasteiger partial charge in [-0.1, -0.05) is 12.1 Å². The molecule has 0 fully saturated rings. The zero-order valence-corrected chi connectivity index (χ0v) is 14.7. The van der Waals surface area contributed by atoms with Crippen molar-refractivity contribution < 1.29 is 4.42 Å². The highest BCUT2D eigenvalue weighted by molar-refractivity contribution is 6.07. The lowest BCUT2D eigenvalue weighted by atomic mass is 10.0. The minimum Gasteiger partial charge on any atom is -0.443 e. The molecule has 3 aromatic heterocycles. The lowest BCUT2D eigenvalue weighted by molar-refractivity contribution is 0.558. The van der Waals surface area contributed by atoms with E-state index < -0.39 is 0 Å². The Morgan fingerprint density at radius 3 is 3.14 bits per heavy atom. The fourth-order valence-electron chi connectivity index (χ4n) is 3.62. The molecule has 136 valence electrons. The Bertz CT molecular complexity index is 1340. The number of hydrogen-bond acceptors (Lipinski definition) is 6. The van der Waals surface area contributed by atoms with Crippen molar-refractivity contribution in [3.05, 3.63) is 72.8 Å². The molecular formula is C20H15N7O. The molecule has 28 heavy (non-hydrogen) atoms. The van der Waals surface area contributed by atoms with E-state index >= 15 is 0 Å². The molecule has 8 nitrogen and oxygen atoms in total. The van der Waals surface area contributed by atoms with Crippen LogP contribution in [0.2, 0.25) is 0 Å². The van der Waals surface area contributed by atoms with Gasteiger partial charge in [0.25, 0.3) is 0 Å². The van der Waals surface area contributed by atoms with Crippen molar-refractivity contribution in [1.29, 1.82) is 0 Å². The number of aliphatic imine (C=N–C) groups is 1. The first-order chi connectivity index (χ1) is 13.8. The summed E-state index contributed by atoms with van der Waals surface area (Å²) in [7, 11) is 0. The zero-order chi connectivity index (χ0) is 18.5. The quantitative estimate of drug-likeness (QED) is 0.496. The Hall–Kier alpha value is -3.94. The number of aromatic amines is 1. The number of amidine groups is 1. The first-order valence-electron chi connectivity index (χ1n) is 8.96. The van der Waals surface area contributed by atoms with Crippen LogP contribution in [0.15, 0.2) is 70.8 Å². The van der Waals surface area contributed by atoms with E-state index in [-0.39, 0.29) is 6.04 Å². The number of imidazole rings is 1. The summed E-state index contributed by atoms with van der Waals surface area (Å²) in [6.07, 6.45) is 7.05. The number of benzene rings is 2. The molecule has 0 saturated carbocycles. The molecule has 0 amide bonds. The predicted molar refractivity (Wildman–Crippen MR) is 105 cm³/mol. The summed E-state index contributed by atoms with van der Waals surface area (Å²) in [6, 6.07) is 12.0. The van der Waals surface area contributed by atoms with Gasteiger partial charge in [0.1, 0.15) is 5.52 Å². The average Bonchev–Trinajstić information content (AvgIpc) is 3.46.